The molecule has 0 atom stereocenters. The smallest absolute Gasteiger partial charge is 0.163 e. The van der Waals surface area contributed by atoms with Crippen molar-refractivity contribution >= 4 is 33.3 Å². The Bertz CT molecular complexity index is 352. The first-order valence-corrected chi connectivity index (χ1v) is 6.73. The second kappa shape index (κ2) is 6.41. The van der Waals surface area contributed by atoms with Crippen molar-refractivity contribution in [2.45, 2.75) is 33.1 Å². The van der Waals surface area contributed by atoms with Crippen LogP contribution in [-0.2, 0) is 0 Å². The first kappa shape index (κ1) is 13.7. The van der Waals surface area contributed by atoms with Gasteiger partial charge in [0, 0.05) is 21.5 Å². The number of hydrogen-bond donors (Lipinski definition) is 0. The second-order valence-corrected chi connectivity index (χ2v) is 5.32. The van der Waals surface area contributed by atoms with Crippen LogP contribution in [0.2, 0.25) is 5.02 Å². The van der Waals surface area contributed by atoms with E-state index < -0.39 is 0 Å². The molecule has 0 aliphatic carbocycles. The van der Waals surface area contributed by atoms with Crippen molar-refractivity contribution in [3.05, 3.63) is 33.3 Å². The van der Waals surface area contributed by atoms with E-state index in [2.05, 4.69) is 29.8 Å². The Morgan fingerprint density at radius 1 is 1.31 bits per heavy atom. The molecule has 1 rings (SSSR count). The topological polar surface area (TPSA) is 17.1 Å². The number of benzene rings is 1. The number of ketones is 1. The molecule has 0 fully saturated rings. The summed E-state index contributed by atoms with van der Waals surface area (Å²) in [5.41, 5.74) is 0.700. The van der Waals surface area contributed by atoms with E-state index in [0.29, 0.717) is 22.9 Å². The zero-order chi connectivity index (χ0) is 12.1. The normalized spacial score (nSPS) is 10.8. The van der Waals surface area contributed by atoms with E-state index >= 15 is 0 Å². The molecule has 0 aliphatic heterocycles. The predicted octanol–water partition coefficient (Wildman–Crippen LogP) is 5.11. The van der Waals surface area contributed by atoms with E-state index in [9.17, 15) is 4.79 Å². The minimum absolute atomic E-state index is 0.178. The third kappa shape index (κ3) is 3.91. The molecule has 0 bridgehead atoms. The van der Waals surface area contributed by atoms with Crippen molar-refractivity contribution < 1.29 is 4.79 Å². The van der Waals surface area contributed by atoms with Gasteiger partial charge in [-0.3, -0.25) is 4.79 Å². The van der Waals surface area contributed by atoms with Crippen LogP contribution in [0.4, 0.5) is 0 Å². The van der Waals surface area contributed by atoms with Crippen molar-refractivity contribution in [2.75, 3.05) is 0 Å². The van der Waals surface area contributed by atoms with Gasteiger partial charge in [-0.1, -0.05) is 54.2 Å². The lowest BCUT2D eigenvalue weighted by Crippen LogP contribution is -2.07. The third-order valence-electron chi connectivity index (χ3n) is 2.81. The zero-order valence-corrected chi connectivity index (χ0v) is 11.9. The number of carbonyl (C=O) groups excluding carboxylic acids is 1. The maximum absolute atomic E-state index is 12.0. The van der Waals surface area contributed by atoms with E-state index in [1.807, 2.05) is 6.07 Å². The molecule has 0 saturated carbocycles. The van der Waals surface area contributed by atoms with Crippen molar-refractivity contribution in [3.63, 3.8) is 0 Å². The summed E-state index contributed by atoms with van der Waals surface area (Å²) < 4.78 is 0.855. The molecule has 0 aromatic heterocycles. The summed E-state index contributed by atoms with van der Waals surface area (Å²) in [6.07, 6.45) is 2.70. The maximum Gasteiger partial charge on any atom is 0.163 e. The summed E-state index contributed by atoms with van der Waals surface area (Å²) in [7, 11) is 0. The Morgan fingerprint density at radius 3 is 2.44 bits per heavy atom. The molecular weight excluding hydrogens is 287 g/mol. The molecule has 0 unspecified atom stereocenters. The molecule has 0 heterocycles. The molecule has 0 aliphatic rings. The third-order valence-corrected chi connectivity index (χ3v) is 3.49. The first-order valence-electron chi connectivity index (χ1n) is 5.56. The predicted molar refractivity (Wildman–Crippen MR) is 72.2 cm³/mol. The number of rotatable bonds is 5. The quantitative estimate of drug-likeness (QED) is 0.691. The zero-order valence-electron chi connectivity index (χ0n) is 9.59. The van der Waals surface area contributed by atoms with Gasteiger partial charge in [0.1, 0.15) is 0 Å². The highest BCUT2D eigenvalue weighted by Gasteiger charge is 2.13. The van der Waals surface area contributed by atoms with Gasteiger partial charge in [-0.2, -0.15) is 0 Å². The van der Waals surface area contributed by atoms with Crippen LogP contribution < -0.4 is 0 Å². The number of halogens is 2. The van der Waals surface area contributed by atoms with Crippen LogP contribution >= 0.6 is 27.5 Å². The summed E-state index contributed by atoms with van der Waals surface area (Å²) in [5.74, 6) is 0.655. The van der Waals surface area contributed by atoms with Crippen molar-refractivity contribution in [2.24, 2.45) is 5.92 Å². The molecule has 1 nitrogen and oxygen atoms in total. The second-order valence-electron chi connectivity index (χ2n) is 3.97. The summed E-state index contributed by atoms with van der Waals surface area (Å²) >= 11 is 9.26. The fourth-order valence-corrected chi connectivity index (χ4v) is 2.53. The average Bonchev–Trinajstić information content (AvgIpc) is 2.24. The van der Waals surface area contributed by atoms with Crippen LogP contribution in [0.15, 0.2) is 22.7 Å². The Labute approximate surface area is 110 Å². The first-order chi connectivity index (χ1) is 7.56. The van der Waals surface area contributed by atoms with Gasteiger partial charge in [0.2, 0.25) is 0 Å². The molecule has 1 aromatic carbocycles. The lowest BCUT2D eigenvalue weighted by atomic mass is 9.94. The minimum Gasteiger partial charge on any atom is -0.294 e. The van der Waals surface area contributed by atoms with Gasteiger partial charge in [-0.15, -0.1) is 0 Å². The molecule has 0 N–H and O–H groups in total. The van der Waals surface area contributed by atoms with Crippen LogP contribution in [0, 0.1) is 5.92 Å². The van der Waals surface area contributed by atoms with Gasteiger partial charge in [-0.25, -0.2) is 0 Å². The summed E-state index contributed by atoms with van der Waals surface area (Å²) in [6, 6.07) is 5.35. The summed E-state index contributed by atoms with van der Waals surface area (Å²) in [6.45, 7) is 4.24. The molecular formula is C13H16BrClO. The van der Waals surface area contributed by atoms with Gasteiger partial charge in [0.25, 0.3) is 0 Å². The minimum atomic E-state index is 0.178. The Kier molecular flexibility index (Phi) is 5.50. The average molecular weight is 304 g/mol. The maximum atomic E-state index is 12.0. The highest BCUT2D eigenvalue weighted by molar-refractivity contribution is 9.10. The van der Waals surface area contributed by atoms with Crippen molar-refractivity contribution in [3.8, 4) is 0 Å². The van der Waals surface area contributed by atoms with E-state index in [1.165, 1.54) is 0 Å². The van der Waals surface area contributed by atoms with Crippen LogP contribution in [0.5, 0.6) is 0 Å². The molecule has 0 saturated heterocycles. The molecule has 88 valence electrons. The molecule has 0 amide bonds. The summed E-state index contributed by atoms with van der Waals surface area (Å²) in [4.78, 5) is 12.0. The van der Waals surface area contributed by atoms with E-state index in [-0.39, 0.29) is 5.78 Å². The number of Topliss-reactive ketones (excluding diaryl/α,β-unsaturated/α-hetero) is 1. The standard InChI is InChI=1S/C13H16BrClO/c1-3-9(4-2)5-13(16)10-6-11(14)8-12(15)7-10/h6-9H,3-5H2,1-2H3. The van der Waals surface area contributed by atoms with Crippen LogP contribution in [0.25, 0.3) is 0 Å². The fourth-order valence-electron chi connectivity index (χ4n) is 1.67. The van der Waals surface area contributed by atoms with E-state index in [0.717, 1.165) is 17.3 Å². The van der Waals surface area contributed by atoms with E-state index in [4.69, 9.17) is 11.6 Å². The van der Waals surface area contributed by atoms with Gasteiger partial charge in [0.15, 0.2) is 5.78 Å². The number of carbonyl (C=O) groups is 1. The summed E-state index contributed by atoms with van der Waals surface area (Å²) in [5, 5.41) is 0.599. The van der Waals surface area contributed by atoms with Gasteiger partial charge in [-0.05, 0) is 24.1 Å². The molecule has 16 heavy (non-hydrogen) atoms. The largest absolute Gasteiger partial charge is 0.294 e. The molecule has 0 spiro atoms. The van der Waals surface area contributed by atoms with E-state index in [1.54, 1.807) is 12.1 Å². The lowest BCUT2D eigenvalue weighted by Gasteiger charge is -2.11. The highest BCUT2D eigenvalue weighted by Crippen LogP contribution is 2.22. The van der Waals surface area contributed by atoms with Crippen molar-refractivity contribution in [1.82, 2.24) is 0 Å². The Morgan fingerprint density at radius 2 is 1.94 bits per heavy atom. The van der Waals surface area contributed by atoms with Gasteiger partial charge < -0.3 is 0 Å². The van der Waals surface area contributed by atoms with Gasteiger partial charge >= 0.3 is 0 Å². The lowest BCUT2D eigenvalue weighted by molar-refractivity contribution is 0.0958. The van der Waals surface area contributed by atoms with Crippen LogP contribution in [0.3, 0.4) is 0 Å². The molecule has 1 aromatic rings. The molecule has 0 radical (unpaired) electrons. The molecule has 3 heteroatoms. The monoisotopic (exact) mass is 302 g/mol. The number of hydrogen-bond acceptors (Lipinski definition) is 1. The SMILES string of the molecule is CCC(CC)CC(=O)c1cc(Cl)cc(Br)c1. The van der Waals surface area contributed by atoms with Crippen LogP contribution in [-0.4, -0.2) is 5.78 Å². The van der Waals surface area contributed by atoms with Gasteiger partial charge in [0.05, 0.1) is 0 Å². The van der Waals surface area contributed by atoms with Crippen molar-refractivity contribution in [1.29, 1.82) is 0 Å². The Balaban J connectivity index is 2.80. The highest BCUT2D eigenvalue weighted by atomic mass is 79.9. The Hall–Kier alpha value is -0.340. The fraction of sp³-hybridized carbons (Fsp3) is 0.462. The van der Waals surface area contributed by atoms with Crippen LogP contribution in [0.1, 0.15) is 43.5 Å².